The van der Waals surface area contributed by atoms with Crippen LogP contribution in [0.5, 0.6) is 0 Å². The first-order chi connectivity index (χ1) is 6.73. The molecule has 0 radical (unpaired) electrons. The van der Waals surface area contributed by atoms with Crippen LogP contribution in [0.4, 0.5) is 0 Å². The average molecular weight is 206 g/mol. The summed E-state index contributed by atoms with van der Waals surface area (Å²) in [7, 11) is -1.56. The second-order valence-corrected chi connectivity index (χ2v) is 9.12. The lowest BCUT2D eigenvalue weighted by Crippen LogP contribution is -2.56. The fourth-order valence-electron chi connectivity index (χ4n) is 2.47. The summed E-state index contributed by atoms with van der Waals surface area (Å²) in [4.78, 5) is 0. The van der Waals surface area contributed by atoms with Crippen molar-refractivity contribution in [2.45, 2.75) is 37.6 Å². The molecule has 1 N–H and O–H groups in total. The largest absolute Gasteiger partial charge is 0.396 e. The summed E-state index contributed by atoms with van der Waals surface area (Å²) in [5.74, 6) is 0. The molecule has 0 spiro atoms. The van der Waals surface area contributed by atoms with Crippen LogP contribution >= 0.6 is 0 Å². The Balaban J connectivity index is 2.30. The third-order valence-electron chi connectivity index (χ3n) is 3.59. The van der Waals surface area contributed by atoms with Crippen LogP contribution in [-0.2, 0) is 0 Å². The van der Waals surface area contributed by atoms with Crippen molar-refractivity contribution < 1.29 is 5.11 Å². The maximum Gasteiger partial charge on any atom is 0.116 e. The first-order valence-electron chi connectivity index (χ1n) is 5.47. The quantitative estimate of drug-likeness (QED) is 0.697. The molecule has 1 aliphatic heterocycles. The van der Waals surface area contributed by atoms with Crippen LogP contribution < -0.4 is 5.19 Å². The molecule has 2 heteroatoms. The van der Waals surface area contributed by atoms with E-state index in [0.717, 1.165) is 6.42 Å². The lowest BCUT2D eigenvalue weighted by molar-refractivity contribution is 0.221. The Morgan fingerprint density at radius 2 is 1.93 bits per heavy atom. The van der Waals surface area contributed by atoms with Crippen LogP contribution in [0.1, 0.15) is 19.3 Å². The first kappa shape index (κ1) is 9.93. The van der Waals surface area contributed by atoms with E-state index in [1.165, 1.54) is 24.1 Å². The second kappa shape index (κ2) is 3.87. The van der Waals surface area contributed by atoms with Crippen molar-refractivity contribution in [1.29, 1.82) is 0 Å². The summed E-state index contributed by atoms with van der Waals surface area (Å²) in [6.45, 7) is 2.33. The minimum absolute atomic E-state index is 0.0290. The molecule has 0 bridgehead atoms. The van der Waals surface area contributed by atoms with E-state index in [0.29, 0.717) is 0 Å². The highest BCUT2D eigenvalue weighted by atomic mass is 28.3. The summed E-state index contributed by atoms with van der Waals surface area (Å²) >= 11 is 0. The van der Waals surface area contributed by atoms with E-state index < -0.39 is 8.07 Å². The highest BCUT2D eigenvalue weighted by Crippen LogP contribution is 2.27. The van der Waals surface area contributed by atoms with Crippen molar-refractivity contribution in [3.63, 3.8) is 0 Å². The van der Waals surface area contributed by atoms with Gasteiger partial charge in [0.15, 0.2) is 0 Å². The van der Waals surface area contributed by atoms with Gasteiger partial charge in [-0.05, 0) is 6.42 Å². The predicted molar refractivity (Wildman–Crippen MR) is 62.4 cm³/mol. The van der Waals surface area contributed by atoms with E-state index in [2.05, 4.69) is 36.9 Å². The molecule has 0 amide bonds. The number of aliphatic hydroxyl groups is 1. The highest BCUT2D eigenvalue weighted by molar-refractivity contribution is 6.91. The first-order valence-corrected chi connectivity index (χ1v) is 8.25. The molecule has 14 heavy (non-hydrogen) atoms. The summed E-state index contributed by atoms with van der Waals surface area (Å²) in [5, 5.41) is 11.6. The fraction of sp³-hybridized carbons (Fsp3) is 0.500. The third kappa shape index (κ3) is 1.64. The number of hydrogen-bond acceptors (Lipinski definition) is 1. The molecule has 2 atom stereocenters. The van der Waals surface area contributed by atoms with Gasteiger partial charge in [0.05, 0.1) is 0 Å². The molecule has 0 saturated carbocycles. The van der Waals surface area contributed by atoms with E-state index in [1.807, 2.05) is 0 Å². The van der Waals surface area contributed by atoms with E-state index >= 15 is 0 Å². The zero-order chi connectivity index (χ0) is 10.0. The Morgan fingerprint density at radius 3 is 2.57 bits per heavy atom. The normalized spacial score (nSPS) is 32.9. The fourth-order valence-corrected chi connectivity index (χ4v) is 6.26. The molecule has 1 aromatic carbocycles. The van der Waals surface area contributed by atoms with Gasteiger partial charge in [-0.25, -0.2) is 0 Å². The zero-order valence-electron chi connectivity index (χ0n) is 8.74. The predicted octanol–water partition coefficient (Wildman–Crippen LogP) is 2.06. The van der Waals surface area contributed by atoms with Crippen molar-refractivity contribution in [3.05, 3.63) is 30.3 Å². The van der Waals surface area contributed by atoms with Crippen molar-refractivity contribution in [2.24, 2.45) is 0 Å². The average Bonchev–Trinajstić information content (AvgIpc) is 2.24. The van der Waals surface area contributed by atoms with Gasteiger partial charge in [-0.2, -0.15) is 0 Å². The van der Waals surface area contributed by atoms with Crippen LogP contribution in [0.3, 0.4) is 0 Å². The third-order valence-corrected chi connectivity index (χ3v) is 8.40. The maximum atomic E-state index is 10.1. The molecule has 76 valence electrons. The SMILES string of the molecule is C[Si]1(c2ccccc2)CCCCC1O. The number of rotatable bonds is 1. The van der Waals surface area contributed by atoms with Crippen molar-refractivity contribution in [3.8, 4) is 0 Å². The highest BCUT2D eigenvalue weighted by Gasteiger charge is 2.38. The summed E-state index contributed by atoms with van der Waals surface area (Å²) in [5.41, 5.74) is -0.0290. The van der Waals surface area contributed by atoms with Gasteiger partial charge in [0.2, 0.25) is 0 Å². The van der Waals surface area contributed by atoms with Crippen molar-refractivity contribution in [1.82, 2.24) is 0 Å². The zero-order valence-corrected chi connectivity index (χ0v) is 9.74. The number of benzene rings is 1. The molecular weight excluding hydrogens is 188 g/mol. The van der Waals surface area contributed by atoms with Crippen molar-refractivity contribution >= 4 is 13.3 Å². The van der Waals surface area contributed by atoms with E-state index in [-0.39, 0.29) is 5.73 Å². The molecule has 1 saturated heterocycles. The van der Waals surface area contributed by atoms with Gasteiger partial charge >= 0.3 is 0 Å². The summed E-state index contributed by atoms with van der Waals surface area (Å²) in [6, 6.07) is 11.9. The van der Waals surface area contributed by atoms with Gasteiger partial charge in [-0.15, -0.1) is 0 Å². The van der Waals surface area contributed by atoms with Crippen LogP contribution in [0.25, 0.3) is 0 Å². The number of aliphatic hydroxyl groups excluding tert-OH is 1. The van der Waals surface area contributed by atoms with Gasteiger partial charge in [-0.1, -0.05) is 61.0 Å². The van der Waals surface area contributed by atoms with Crippen molar-refractivity contribution in [2.75, 3.05) is 0 Å². The van der Waals surface area contributed by atoms with Gasteiger partial charge in [0, 0.05) is 5.73 Å². The van der Waals surface area contributed by atoms with Gasteiger partial charge in [0.25, 0.3) is 0 Å². The van der Waals surface area contributed by atoms with E-state index in [4.69, 9.17) is 0 Å². The van der Waals surface area contributed by atoms with Crippen LogP contribution in [0.15, 0.2) is 30.3 Å². The van der Waals surface area contributed by atoms with Crippen LogP contribution in [0, 0.1) is 0 Å². The standard InChI is InChI=1S/C12H18OSi/c1-14(10-6-5-9-12(14)13)11-7-3-2-4-8-11/h2-4,7-8,12-13H,5-6,9-10H2,1H3. The molecule has 1 heterocycles. The van der Waals surface area contributed by atoms with Gasteiger partial charge < -0.3 is 5.11 Å². The summed E-state index contributed by atoms with van der Waals surface area (Å²) < 4.78 is 0. The molecule has 1 nitrogen and oxygen atoms in total. The Kier molecular flexibility index (Phi) is 2.75. The Labute approximate surface area is 86.8 Å². The van der Waals surface area contributed by atoms with E-state index in [1.54, 1.807) is 0 Å². The minimum atomic E-state index is -1.56. The Morgan fingerprint density at radius 1 is 1.21 bits per heavy atom. The molecule has 2 unspecified atom stereocenters. The molecule has 1 fully saturated rings. The molecule has 0 aromatic heterocycles. The Hall–Kier alpha value is -0.603. The Bertz CT molecular complexity index is 298. The molecule has 0 aliphatic carbocycles. The minimum Gasteiger partial charge on any atom is -0.396 e. The molecule has 2 rings (SSSR count). The number of hydrogen-bond donors (Lipinski definition) is 1. The summed E-state index contributed by atoms with van der Waals surface area (Å²) in [6.07, 6.45) is 3.52. The maximum absolute atomic E-state index is 10.1. The van der Waals surface area contributed by atoms with Crippen LogP contribution in [0.2, 0.25) is 12.6 Å². The smallest absolute Gasteiger partial charge is 0.116 e. The monoisotopic (exact) mass is 206 g/mol. The molecular formula is C12H18OSi. The lowest BCUT2D eigenvalue weighted by Gasteiger charge is -2.36. The molecule has 1 aliphatic rings. The second-order valence-electron chi connectivity index (χ2n) is 4.55. The topological polar surface area (TPSA) is 20.2 Å². The molecule has 1 aromatic rings. The van der Waals surface area contributed by atoms with E-state index in [9.17, 15) is 5.11 Å². The lowest BCUT2D eigenvalue weighted by atomic mass is 10.2. The van der Waals surface area contributed by atoms with Gasteiger partial charge in [-0.3, -0.25) is 0 Å². The van der Waals surface area contributed by atoms with Crippen LogP contribution in [-0.4, -0.2) is 18.9 Å². The van der Waals surface area contributed by atoms with Gasteiger partial charge in [0.1, 0.15) is 8.07 Å².